The second kappa shape index (κ2) is 8.82. The Balaban J connectivity index is 2.99. The maximum Gasteiger partial charge on any atom is 0.256 e. The molecule has 0 bridgehead atoms. The smallest absolute Gasteiger partial charge is 0.256 e. The molecule has 1 amide bonds. The Morgan fingerprint density at radius 2 is 2.10 bits per heavy atom. The molecular weight excluding hydrogens is 276 g/mol. The SMILES string of the molecule is CCCCN(CCO)C(=O)c1cc(Cl)ccc1NCC. The van der Waals surface area contributed by atoms with Gasteiger partial charge in [0.05, 0.1) is 12.2 Å². The van der Waals surface area contributed by atoms with Gasteiger partial charge in [-0.25, -0.2) is 0 Å². The van der Waals surface area contributed by atoms with E-state index in [1.54, 1.807) is 17.0 Å². The number of unbranched alkanes of at least 4 members (excludes halogenated alkanes) is 1. The largest absolute Gasteiger partial charge is 0.395 e. The molecule has 0 aliphatic heterocycles. The summed E-state index contributed by atoms with van der Waals surface area (Å²) >= 11 is 6.00. The van der Waals surface area contributed by atoms with Crippen LogP contribution in [0, 0.1) is 0 Å². The quantitative estimate of drug-likeness (QED) is 0.776. The number of carbonyl (C=O) groups excluding carboxylic acids is 1. The average Bonchev–Trinajstić information content (AvgIpc) is 2.45. The first-order valence-electron chi connectivity index (χ1n) is 7.07. The lowest BCUT2D eigenvalue weighted by molar-refractivity contribution is 0.0720. The molecule has 0 aliphatic carbocycles. The zero-order chi connectivity index (χ0) is 15.0. The van der Waals surface area contributed by atoms with Gasteiger partial charge in [0.15, 0.2) is 0 Å². The normalized spacial score (nSPS) is 10.4. The molecule has 0 saturated heterocycles. The van der Waals surface area contributed by atoms with Crippen LogP contribution in [0.2, 0.25) is 5.02 Å². The Morgan fingerprint density at radius 3 is 2.70 bits per heavy atom. The van der Waals surface area contributed by atoms with Gasteiger partial charge >= 0.3 is 0 Å². The summed E-state index contributed by atoms with van der Waals surface area (Å²) in [6, 6.07) is 5.26. The number of hydrogen-bond donors (Lipinski definition) is 2. The number of halogens is 1. The van der Waals surface area contributed by atoms with Crippen molar-refractivity contribution in [3.63, 3.8) is 0 Å². The first-order chi connectivity index (χ1) is 9.63. The minimum atomic E-state index is -0.0917. The second-order valence-corrected chi connectivity index (χ2v) is 5.03. The van der Waals surface area contributed by atoms with Crippen molar-refractivity contribution >= 4 is 23.2 Å². The van der Waals surface area contributed by atoms with Gasteiger partial charge in [-0.3, -0.25) is 4.79 Å². The molecule has 0 saturated carbocycles. The number of nitrogens with one attached hydrogen (secondary N) is 1. The van der Waals surface area contributed by atoms with E-state index >= 15 is 0 Å². The van der Waals surface area contributed by atoms with E-state index in [0.29, 0.717) is 23.7 Å². The van der Waals surface area contributed by atoms with Crippen molar-refractivity contribution < 1.29 is 9.90 Å². The van der Waals surface area contributed by atoms with Crippen molar-refractivity contribution in [1.82, 2.24) is 4.90 Å². The predicted molar refractivity (Wildman–Crippen MR) is 83.5 cm³/mol. The molecule has 4 nitrogen and oxygen atoms in total. The molecule has 0 fully saturated rings. The van der Waals surface area contributed by atoms with E-state index in [1.807, 2.05) is 13.0 Å². The van der Waals surface area contributed by atoms with Gasteiger partial charge in [0, 0.05) is 30.3 Å². The summed E-state index contributed by atoms with van der Waals surface area (Å²) in [6.45, 7) is 5.74. The number of benzene rings is 1. The maximum absolute atomic E-state index is 12.6. The number of carbonyl (C=O) groups is 1. The number of nitrogens with zero attached hydrogens (tertiary/aromatic N) is 1. The minimum Gasteiger partial charge on any atom is -0.395 e. The van der Waals surface area contributed by atoms with E-state index in [9.17, 15) is 4.79 Å². The van der Waals surface area contributed by atoms with Crippen LogP contribution in [0.1, 0.15) is 37.0 Å². The monoisotopic (exact) mass is 298 g/mol. The van der Waals surface area contributed by atoms with Crippen LogP contribution in [0.5, 0.6) is 0 Å². The van der Waals surface area contributed by atoms with Gasteiger partial charge in [0.25, 0.3) is 5.91 Å². The van der Waals surface area contributed by atoms with Crippen LogP contribution in [-0.4, -0.2) is 42.2 Å². The molecule has 0 atom stereocenters. The summed E-state index contributed by atoms with van der Waals surface area (Å²) in [7, 11) is 0. The molecule has 2 N–H and O–H groups in total. The van der Waals surface area contributed by atoms with Crippen molar-refractivity contribution in [2.45, 2.75) is 26.7 Å². The van der Waals surface area contributed by atoms with E-state index in [0.717, 1.165) is 25.1 Å². The van der Waals surface area contributed by atoms with E-state index < -0.39 is 0 Å². The number of aliphatic hydroxyl groups is 1. The van der Waals surface area contributed by atoms with Crippen LogP contribution in [0.3, 0.4) is 0 Å². The van der Waals surface area contributed by atoms with Crippen LogP contribution in [-0.2, 0) is 0 Å². The first kappa shape index (κ1) is 16.8. The van der Waals surface area contributed by atoms with E-state index in [2.05, 4.69) is 12.2 Å². The molecule has 0 unspecified atom stereocenters. The third kappa shape index (κ3) is 4.69. The molecule has 0 aromatic heterocycles. The number of hydrogen-bond acceptors (Lipinski definition) is 3. The predicted octanol–water partition coefficient (Wildman–Crippen LogP) is 3.01. The van der Waals surface area contributed by atoms with Gasteiger partial charge in [-0.2, -0.15) is 0 Å². The highest BCUT2D eigenvalue weighted by molar-refractivity contribution is 6.31. The van der Waals surface area contributed by atoms with Gasteiger partial charge in [0.2, 0.25) is 0 Å². The molecule has 5 heteroatoms. The van der Waals surface area contributed by atoms with E-state index in [-0.39, 0.29) is 12.5 Å². The molecule has 0 radical (unpaired) electrons. The summed E-state index contributed by atoms with van der Waals surface area (Å²) in [5.41, 5.74) is 1.34. The summed E-state index contributed by atoms with van der Waals surface area (Å²) < 4.78 is 0. The standard InChI is InChI=1S/C15H23ClN2O2/c1-3-5-8-18(9-10-19)15(20)13-11-12(16)6-7-14(13)17-4-2/h6-7,11,17,19H,3-5,8-10H2,1-2H3. The number of amides is 1. The summed E-state index contributed by atoms with van der Waals surface area (Å²) in [5, 5.41) is 12.8. The molecule has 112 valence electrons. The Bertz CT molecular complexity index is 438. The molecule has 20 heavy (non-hydrogen) atoms. The second-order valence-electron chi connectivity index (χ2n) is 4.59. The van der Waals surface area contributed by atoms with Crippen molar-refractivity contribution in [3.05, 3.63) is 28.8 Å². The summed E-state index contributed by atoms with van der Waals surface area (Å²) in [6.07, 6.45) is 1.92. The third-order valence-corrected chi connectivity index (χ3v) is 3.25. The molecule has 0 spiro atoms. The third-order valence-electron chi connectivity index (χ3n) is 3.02. The highest BCUT2D eigenvalue weighted by Crippen LogP contribution is 2.22. The van der Waals surface area contributed by atoms with Gasteiger partial charge in [-0.05, 0) is 31.5 Å². The topological polar surface area (TPSA) is 52.6 Å². The van der Waals surface area contributed by atoms with Crippen LogP contribution >= 0.6 is 11.6 Å². The Kier molecular flexibility index (Phi) is 7.41. The molecule has 1 aromatic rings. The fraction of sp³-hybridized carbons (Fsp3) is 0.533. The minimum absolute atomic E-state index is 0.0352. The van der Waals surface area contributed by atoms with Gasteiger partial charge < -0.3 is 15.3 Å². The first-order valence-corrected chi connectivity index (χ1v) is 7.45. The molecule has 1 aromatic carbocycles. The lowest BCUT2D eigenvalue weighted by atomic mass is 10.1. The molecule has 0 heterocycles. The van der Waals surface area contributed by atoms with Crippen molar-refractivity contribution in [2.24, 2.45) is 0 Å². The number of anilines is 1. The Hall–Kier alpha value is -1.26. The lowest BCUT2D eigenvalue weighted by Crippen LogP contribution is -2.34. The van der Waals surface area contributed by atoms with Crippen LogP contribution in [0.25, 0.3) is 0 Å². The summed E-state index contributed by atoms with van der Waals surface area (Å²) in [5.74, 6) is -0.0917. The Morgan fingerprint density at radius 1 is 1.35 bits per heavy atom. The number of rotatable bonds is 8. The molecule has 0 aliphatic rings. The van der Waals surface area contributed by atoms with Gasteiger partial charge in [-0.1, -0.05) is 24.9 Å². The van der Waals surface area contributed by atoms with Gasteiger partial charge in [0.1, 0.15) is 0 Å². The van der Waals surface area contributed by atoms with Crippen molar-refractivity contribution in [2.75, 3.05) is 31.6 Å². The van der Waals surface area contributed by atoms with Crippen LogP contribution in [0.15, 0.2) is 18.2 Å². The molecule has 1 rings (SSSR count). The average molecular weight is 299 g/mol. The van der Waals surface area contributed by atoms with Crippen LogP contribution < -0.4 is 5.32 Å². The van der Waals surface area contributed by atoms with Crippen LogP contribution in [0.4, 0.5) is 5.69 Å². The zero-order valence-electron chi connectivity index (χ0n) is 12.2. The lowest BCUT2D eigenvalue weighted by Gasteiger charge is -2.23. The van der Waals surface area contributed by atoms with E-state index in [1.165, 1.54) is 0 Å². The zero-order valence-corrected chi connectivity index (χ0v) is 12.9. The number of aliphatic hydroxyl groups excluding tert-OH is 1. The van der Waals surface area contributed by atoms with Crippen molar-refractivity contribution in [3.8, 4) is 0 Å². The Labute approximate surface area is 125 Å². The maximum atomic E-state index is 12.6. The van der Waals surface area contributed by atoms with E-state index in [4.69, 9.17) is 16.7 Å². The van der Waals surface area contributed by atoms with Gasteiger partial charge in [-0.15, -0.1) is 0 Å². The summed E-state index contributed by atoms with van der Waals surface area (Å²) in [4.78, 5) is 14.3. The fourth-order valence-corrected chi connectivity index (χ4v) is 2.17. The highest BCUT2D eigenvalue weighted by atomic mass is 35.5. The van der Waals surface area contributed by atoms with Crippen molar-refractivity contribution in [1.29, 1.82) is 0 Å². The highest BCUT2D eigenvalue weighted by Gasteiger charge is 2.18. The molecular formula is C15H23ClN2O2. The fourth-order valence-electron chi connectivity index (χ4n) is 1.99.